The zero-order chi connectivity index (χ0) is 14.1. The summed E-state index contributed by atoms with van der Waals surface area (Å²) < 4.78 is 14.0. The molecule has 0 bridgehead atoms. The standard InChI is InChI=1S/C18H14BrF/c1-12-10-11-15(14-7-3-2-6-13(12)14)18(19)16-8-4-5-9-17(16)20/h2-11,18H,1H3. The van der Waals surface area contributed by atoms with Crippen molar-refractivity contribution in [2.75, 3.05) is 0 Å². The predicted molar refractivity (Wildman–Crippen MR) is 85.9 cm³/mol. The molecule has 0 amide bonds. The fourth-order valence-electron chi connectivity index (χ4n) is 2.54. The van der Waals surface area contributed by atoms with Gasteiger partial charge in [0.25, 0.3) is 0 Å². The normalized spacial score (nSPS) is 12.6. The molecule has 1 unspecified atom stereocenters. The molecule has 0 aliphatic carbocycles. The minimum atomic E-state index is -0.181. The summed E-state index contributed by atoms with van der Waals surface area (Å²) >= 11 is 3.65. The molecule has 0 saturated carbocycles. The van der Waals surface area contributed by atoms with E-state index in [-0.39, 0.29) is 10.6 Å². The van der Waals surface area contributed by atoms with Gasteiger partial charge in [-0.25, -0.2) is 4.39 Å². The van der Waals surface area contributed by atoms with Gasteiger partial charge in [0, 0.05) is 5.56 Å². The molecule has 3 aromatic rings. The number of benzene rings is 3. The molecule has 20 heavy (non-hydrogen) atoms. The third-order valence-electron chi connectivity index (χ3n) is 3.63. The Balaban J connectivity index is 2.20. The van der Waals surface area contributed by atoms with Gasteiger partial charge in [-0.05, 0) is 34.9 Å². The van der Waals surface area contributed by atoms with Gasteiger partial charge in [0.1, 0.15) is 5.82 Å². The molecule has 0 saturated heterocycles. The molecule has 0 aliphatic rings. The van der Waals surface area contributed by atoms with Crippen molar-refractivity contribution in [3.05, 3.63) is 83.2 Å². The largest absolute Gasteiger partial charge is 0.207 e. The van der Waals surface area contributed by atoms with Crippen molar-refractivity contribution in [1.29, 1.82) is 0 Å². The monoisotopic (exact) mass is 328 g/mol. The SMILES string of the molecule is Cc1ccc(C(Br)c2ccccc2F)c2ccccc12. The van der Waals surface area contributed by atoms with Crippen LogP contribution in [0.1, 0.15) is 21.5 Å². The van der Waals surface area contributed by atoms with E-state index < -0.39 is 0 Å². The van der Waals surface area contributed by atoms with E-state index in [1.54, 1.807) is 6.07 Å². The molecule has 0 fully saturated rings. The smallest absolute Gasteiger partial charge is 0.127 e. The molecule has 0 heterocycles. The first-order valence-electron chi connectivity index (χ1n) is 6.55. The maximum atomic E-state index is 14.0. The minimum Gasteiger partial charge on any atom is -0.207 e. The van der Waals surface area contributed by atoms with Crippen LogP contribution in [0.25, 0.3) is 10.8 Å². The van der Waals surface area contributed by atoms with Crippen LogP contribution in [-0.4, -0.2) is 0 Å². The van der Waals surface area contributed by atoms with E-state index in [1.807, 2.05) is 24.3 Å². The van der Waals surface area contributed by atoms with Gasteiger partial charge in [0.05, 0.1) is 4.83 Å². The number of hydrogen-bond donors (Lipinski definition) is 0. The van der Waals surface area contributed by atoms with E-state index in [0.29, 0.717) is 5.56 Å². The van der Waals surface area contributed by atoms with Crippen molar-refractivity contribution >= 4 is 26.7 Å². The predicted octanol–water partition coefficient (Wildman–Crippen LogP) is 5.77. The fourth-order valence-corrected chi connectivity index (χ4v) is 3.31. The van der Waals surface area contributed by atoms with Crippen molar-refractivity contribution in [2.24, 2.45) is 0 Å². The second-order valence-electron chi connectivity index (χ2n) is 4.90. The molecular weight excluding hydrogens is 315 g/mol. The Labute approximate surface area is 126 Å². The van der Waals surface area contributed by atoms with Gasteiger partial charge in [-0.2, -0.15) is 0 Å². The summed E-state index contributed by atoms with van der Waals surface area (Å²) in [5.41, 5.74) is 3.00. The Kier molecular flexibility index (Phi) is 3.58. The lowest BCUT2D eigenvalue weighted by atomic mass is 9.95. The molecule has 1 atom stereocenters. The van der Waals surface area contributed by atoms with Gasteiger partial charge in [-0.1, -0.05) is 70.5 Å². The Morgan fingerprint density at radius 1 is 0.800 bits per heavy atom. The minimum absolute atomic E-state index is 0.144. The molecular formula is C18H14BrF. The Bertz CT molecular complexity index is 764. The second-order valence-corrected chi connectivity index (χ2v) is 5.82. The van der Waals surface area contributed by atoms with E-state index in [0.717, 1.165) is 10.9 Å². The van der Waals surface area contributed by atoms with E-state index >= 15 is 0 Å². The highest BCUT2D eigenvalue weighted by Gasteiger charge is 2.17. The van der Waals surface area contributed by atoms with E-state index in [2.05, 4.69) is 47.1 Å². The summed E-state index contributed by atoms with van der Waals surface area (Å²) in [5, 5.41) is 2.38. The molecule has 3 aromatic carbocycles. The van der Waals surface area contributed by atoms with Crippen LogP contribution in [0.5, 0.6) is 0 Å². The molecule has 0 radical (unpaired) electrons. The number of aryl methyl sites for hydroxylation is 1. The summed E-state index contributed by atoms with van der Waals surface area (Å²) in [4.78, 5) is -0.144. The highest BCUT2D eigenvalue weighted by molar-refractivity contribution is 9.09. The molecule has 100 valence electrons. The zero-order valence-electron chi connectivity index (χ0n) is 11.1. The van der Waals surface area contributed by atoms with Gasteiger partial charge >= 0.3 is 0 Å². The lowest BCUT2D eigenvalue weighted by molar-refractivity contribution is 0.614. The lowest BCUT2D eigenvalue weighted by Gasteiger charge is -2.15. The van der Waals surface area contributed by atoms with Gasteiger partial charge in [-0.15, -0.1) is 0 Å². The third kappa shape index (κ3) is 2.25. The highest BCUT2D eigenvalue weighted by atomic mass is 79.9. The Hall–Kier alpha value is -1.67. The van der Waals surface area contributed by atoms with Crippen LogP contribution in [0.4, 0.5) is 4.39 Å². The molecule has 0 nitrogen and oxygen atoms in total. The number of fused-ring (bicyclic) bond motifs is 1. The summed E-state index contributed by atoms with van der Waals surface area (Å²) in [7, 11) is 0. The average Bonchev–Trinajstić information content (AvgIpc) is 2.48. The maximum absolute atomic E-state index is 14.0. The topological polar surface area (TPSA) is 0 Å². The third-order valence-corrected chi connectivity index (χ3v) is 4.61. The molecule has 3 rings (SSSR count). The number of halogens is 2. The maximum Gasteiger partial charge on any atom is 0.127 e. The second kappa shape index (κ2) is 5.37. The van der Waals surface area contributed by atoms with Crippen LogP contribution < -0.4 is 0 Å². The summed E-state index contributed by atoms with van der Waals surface area (Å²) in [6.07, 6.45) is 0. The van der Waals surface area contributed by atoms with Crippen molar-refractivity contribution < 1.29 is 4.39 Å². The summed E-state index contributed by atoms with van der Waals surface area (Å²) in [6.45, 7) is 2.10. The summed E-state index contributed by atoms with van der Waals surface area (Å²) in [5.74, 6) is -0.181. The van der Waals surface area contributed by atoms with Gasteiger partial charge in [0.2, 0.25) is 0 Å². The molecule has 2 heteroatoms. The van der Waals surface area contributed by atoms with Crippen molar-refractivity contribution in [1.82, 2.24) is 0 Å². The van der Waals surface area contributed by atoms with Crippen LogP contribution in [0.15, 0.2) is 60.7 Å². The average molecular weight is 329 g/mol. The van der Waals surface area contributed by atoms with Gasteiger partial charge in [0.15, 0.2) is 0 Å². The van der Waals surface area contributed by atoms with Crippen LogP contribution in [0.3, 0.4) is 0 Å². The number of alkyl halides is 1. The van der Waals surface area contributed by atoms with Crippen molar-refractivity contribution in [3.8, 4) is 0 Å². The Morgan fingerprint density at radius 2 is 1.45 bits per heavy atom. The quantitative estimate of drug-likeness (QED) is 0.524. The number of rotatable bonds is 2. The van der Waals surface area contributed by atoms with E-state index in [9.17, 15) is 4.39 Å². The van der Waals surface area contributed by atoms with Crippen molar-refractivity contribution in [3.63, 3.8) is 0 Å². The van der Waals surface area contributed by atoms with Crippen LogP contribution in [0.2, 0.25) is 0 Å². The van der Waals surface area contributed by atoms with Crippen molar-refractivity contribution in [2.45, 2.75) is 11.8 Å². The first kappa shape index (κ1) is 13.3. The first-order valence-corrected chi connectivity index (χ1v) is 7.47. The van der Waals surface area contributed by atoms with Gasteiger partial charge in [-0.3, -0.25) is 0 Å². The molecule has 0 spiro atoms. The van der Waals surface area contributed by atoms with Crippen LogP contribution >= 0.6 is 15.9 Å². The molecule has 0 aliphatic heterocycles. The Morgan fingerprint density at radius 3 is 2.20 bits per heavy atom. The number of hydrogen-bond acceptors (Lipinski definition) is 0. The summed E-state index contributed by atoms with van der Waals surface area (Å²) in [6, 6.07) is 19.3. The molecule has 0 N–H and O–H groups in total. The fraction of sp³-hybridized carbons (Fsp3) is 0.111. The van der Waals surface area contributed by atoms with E-state index in [1.165, 1.54) is 17.0 Å². The van der Waals surface area contributed by atoms with E-state index in [4.69, 9.17) is 0 Å². The zero-order valence-corrected chi connectivity index (χ0v) is 12.7. The first-order chi connectivity index (χ1) is 9.68. The molecule has 0 aromatic heterocycles. The highest BCUT2D eigenvalue weighted by Crippen LogP contribution is 2.37. The van der Waals surface area contributed by atoms with Crippen LogP contribution in [0, 0.1) is 12.7 Å². The van der Waals surface area contributed by atoms with Gasteiger partial charge < -0.3 is 0 Å². The lowest BCUT2D eigenvalue weighted by Crippen LogP contribution is -1.98. The van der Waals surface area contributed by atoms with Crippen LogP contribution in [-0.2, 0) is 0 Å².